The van der Waals surface area contributed by atoms with Gasteiger partial charge in [-0.15, -0.1) is 0 Å². The van der Waals surface area contributed by atoms with Crippen molar-refractivity contribution in [3.8, 4) is 23.0 Å². The predicted molar refractivity (Wildman–Crippen MR) is 106 cm³/mol. The molecular weight excluding hydrogens is 469 g/mol. The number of halogens is 1. The number of benzene rings is 2. The van der Waals surface area contributed by atoms with Crippen molar-refractivity contribution in [3.05, 3.63) is 47.0 Å². The van der Waals surface area contributed by atoms with Crippen LogP contribution >= 0.6 is 0 Å². The van der Waals surface area contributed by atoms with Gasteiger partial charge >= 0.3 is 0 Å². The Morgan fingerprint density at radius 2 is 1.39 bits per heavy atom. The zero-order valence-electron chi connectivity index (χ0n) is 17.2. The molecule has 2 aromatic carbocycles. The number of hydrogen-bond acceptors (Lipinski definition) is 4. The summed E-state index contributed by atoms with van der Waals surface area (Å²) in [6.07, 6.45) is 2.87. The van der Waals surface area contributed by atoms with Crippen molar-refractivity contribution in [2.75, 3.05) is 42.0 Å². The molecule has 0 saturated heterocycles. The van der Waals surface area contributed by atoms with Crippen LogP contribution in [0.2, 0.25) is 0 Å². The van der Waals surface area contributed by atoms with Gasteiger partial charge in [-0.05, 0) is 41.8 Å². The monoisotopic (exact) mass is 497 g/mol. The summed E-state index contributed by atoms with van der Waals surface area (Å²) in [5.41, 5.74) is 5.11. The van der Waals surface area contributed by atoms with Crippen molar-refractivity contribution in [3.63, 3.8) is 0 Å². The van der Waals surface area contributed by atoms with Crippen LogP contribution in [0.5, 0.6) is 23.0 Å². The molecule has 0 aliphatic carbocycles. The van der Waals surface area contributed by atoms with Crippen molar-refractivity contribution >= 4 is 5.71 Å². The molecule has 0 saturated carbocycles. The van der Waals surface area contributed by atoms with E-state index in [1.807, 2.05) is 6.07 Å². The molecule has 1 aliphatic rings. The molecule has 5 nitrogen and oxygen atoms in total. The lowest BCUT2D eigenvalue weighted by atomic mass is 9.92. The molecule has 28 heavy (non-hydrogen) atoms. The van der Waals surface area contributed by atoms with Crippen LogP contribution < -0.4 is 42.9 Å². The minimum absolute atomic E-state index is 0. The van der Waals surface area contributed by atoms with E-state index in [0.29, 0.717) is 0 Å². The first-order valence-corrected chi connectivity index (χ1v) is 9.14. The normalized spacial score (nSPS) is 12.8. The Hall–Kier alpha value is -1.96. The van der Waals surface area contributed by atoms with Gasteiger partial charge in [0.2, 0.25) is 0 Å². The Kier molecular flexibility index (Phi) is 7.98. The van der Waals surface area contributed by atoms with Crippen molar-refractivity contribution in [2.45, 2.75) is 19.3 Å². The molecule has 0 bridgehead atoms. The summed E-state index contributed by atoms with van der Waals surface area (Å²) in [5, 5.41) is 0. The second kappa shape index (κ2) is 10.0. The van der Waals surface area contributed by atoms with E-state index in [1.165, 1.54) is 22.4 Å². The minimum Gasteiger partial charge on any atom is -1.00 e. The van der Waals surface area contributed by atoms with Crippen LogP contribution in [0.4, 0.5) is 0 Å². The quantitative estimate of drug-likeness (QED) is 0.409. The van der Waals surface area contributed by atoms with Gasteiger partial charge in [0.25, 0.3) is 0 Å². The third-order valence-corrected chi connectivity index (χ3v) is 5.20. The number of aryl methyl sites for hydroxylation is 1. The van der Waals surface area contributed by atoms with Gasteiger partial charge in [-0.2, -0.15) is 0 Å². The predicted octanol–water partition coefficient (Wildman–Crippen LogP) is 0.345. The summed E-state index contributed by atoms with van der Waals surface area (Å²) in [6.45, 7) is 1.00. The van der Waals surface area contributed by atoms with Gasteiger partial charge < -0.3 is 42.9 Å². The summed E-state index contributed by atoms with van der Waals surface area (Å²) in [5.74, 6) is 3.09. The molecule has 0 aromatic heterocycles. The van der Waals surface area contributed by atoms with E-state index in [4.69, 9.17) is 18.9 Å². The van der Waals surface area contributed by atoms with Gasteiger partial charge in [-0.3, -0.25) is 0 Å². The van der Waals surface area contributed by atoms with E-state index in [9.17, 15) is 0 Å². The summed E-state index contributed by atoms with van der Waals surface area (Å²) in [4.78, 5) is 0. The fourth-order valence-corrected chi connectivity index (χ4v) is 3.65. The van der Waals surface area contributed by atoms with Gasteiger partial charge in [0.05, 0.1) is 28.4 Å². The molecule has 0 N–H and O–H groups in total. The maximum Gasteiger partial charge on any atom is 0.183 e. The lowest BCUT2D eigenvalue weighted by Gasteiger charge is -2.19. The summed E-state index contributed by atoms with van der Waals surface area (Å²) in [7, 11) is 8.84. The van der Waals surface area contributed by atoms with E-state index in [2.05, 4.69) is 35.9 Å². The number of hydrogen-bond donors (Lipinski definition) is 0. The maximum absolute atomic E-state index is 5.52. The van der Waals surface area contributed by atoms with E-state index in [1.54, 1.807) is 28.4 Å². The Morgan fingerprint density at radius 1 is 0.786 bits per heavy atom. The average Bonchev–Trinajstić information content (AvgIpc) is 2.71. The van der Waals surface area contributed by atoms with Crippen LogP contribution in [-0.4, -0.2) is 52.3 Å². The van der Waals surface area contributed by atoms with Crippen molar-refractivity contribution in [1.82, 2.24) is 0 Å². The largest absolute Gasteiger partial charge is 1.00 e. The highest BCUT2D eigenvalue weighted by Crippen LogP contribution is 2.33. The van der Waals surface area contributed by atoms with E-state index in [0.717, 1.165) is 48.8 Å². The van der Waals surface area contributed by atoms with Gasteiger partial charge in [-0.25, -0.2) is 4.58 Å². The summed E-state index contributed by atoms with van der Waals surface area (Å²) in [6, 6.07) is 10.3. The Morgan fingerprint density at radius 3 is 2.04 bits per heavy atom. The highest BCUT2D eigenvalue weighted by molar-refractivity contribution is 5.99. The van der Waals surface area contributed by atoms with Crippen LogP contribution in [0, 0.1) is 0 Å². The first-order chi connectivity index (χ1) is 13.1. The highest BCUT2D eigenvalue weighted by Gasteiger charge is 2.25. The molecule has 0 amide bonds. The molecule has 2 aromatic rings. The lowest BCUT2D eigenvalue weighted by Crippen LogP contribution is -3.00. The zero-order valence-corrected chi connectivity index (χ0v) is 19.3. The molecule has 0 spiro atoms. The van der Waals surface area contributed by atoms with Crippen LogP contribution in [0.25, 0.3) is 0 Å². The molecule has 6 heteroatoms. The van der Waals surface area contributed by atoms with Crippen molar-refractivity contribution in [2.24, 2.45) is 0 Å². The first-order valence-electron chi connectivity index (χ1n) is 9.14. The fourth-order valence-electron chi connectivity index (χ4n) is 3.65. The summed E-state index contributed by atoms with van der Waals surface area (Å²) >= 11 is 0. The smallest absolute Gasteiger partial charge is 0.183 e. The number of nitrogens with zero attached hydrogens (tertiary/aromatic N) is 1. The standard InChI is InChI=1S/C22H28NO4.HI/c1-23-11-10-16-13-21(26-4)22(27-5)14-17(16)18(23)8-6-15-7-9-19(24-2)20(12-15)25-3;/h7,9,12-14H,6,8,10-11H2,1-5H3;1H/q+1;/p-1. The first kappa shape index (κ1) is 22.3. The third kappa shape index (κ3) is 4.54. The number of rotatable bonds is 7. The molecule has 0 unspecified atom stereocenters. The van der Waals surface area contributed by atoms with Crippen molar-refractivity contribution < 1.29 is 47.5 Å². The Balaban J connectivity index is 0.00000280. The molecule has 3 rings (SSSR count). The number of ether oxygens (including phenoxy) is 4. The van der Waals surface area contributed by atoms with Crippen LogP contribution in [0.15, 0.2) is 30.3 Å². The number of fused-ring (bicyclic) bond motifs is 1. The highest BCUT2D eigenvalue weighted by atomic mass is 127. The molecular formula is C22H28INO4. The Bertz CT molecular complexity index is 864. The summed E-state index contributed by atoms with van der Waals surface area (Å²) < 4.78 is 24.1. The molecule has 1 heterocycles. The molecule has 0 fully saturated rings. The number of methoxy groups -OCH3 is 4. The zero-order chi connectivity index (χ0) is 19.4. The number of likely N-dealkylation sites (N-methyl/N-ethyl adjacent to an activating group) is 1. The van der Waals surface area contributed by atoms with E-state index >= 15 is 0 Å². The van der Waals surface area contributed by atoms with E-state index in [-0.39, 0.29) is 24.0 Å². The van der Waals surface area contributed by atoms with E-state index < -0.39 is 0 Å². The van der Waals surface area contributed by atoms with Gasteiger partial charge in [0.15, 0.2) is 28.7 Å². The van der Waals surface area contributed by atoms with Gasteiger partial charge in [0, 0.05) is 18.4 Å². The topological polar surface area (TPSA) is 39.9 Å². The Labute approximate surface area is 184 Å². The van der Waals surface area contributed by atoms with Crippen LogP contribution in [-0.2, 0) is 12.8 Å². The van der Waals surface area contributed by atoms with Gasteiger partial charge in [-0.1, -0.05) is 6.07 Å². The molecule has 0 radical (unpaired) electrons. The van der Waals surface area contributed by atoms with Crippen molar-refractivity contribution in [1.29, 1.82) is 0 Å². The second-order valence-corrected chi connectivity index (χ2v) is 6.67. The minimum atomic E-state index is 0. The second-order valence-electron chi connectivity index (χ2n) is 6.67. The fraction of sp³-hybridized carbons (Fsp3) is 0.409. The van der Waals surface area contributed by atoms with Crippen LogP contribution in [0.3, 0.4) is 0 Å². The maximum atomic E-state index is 5.52. The third-order valence-electron chi connectivity index (χ3n) is 5.20. The SMILES string of the molecule is COc1ccc(CCC2=[N+](C)CCc3cc(OC)c(OC)cc32)cc1OC.[I-]. The lowest BCUT2D eigenvalue weighted by molar-refractivity contribution is -0.499. The van der Waals surface area contributed by atoms with Gasteiger partial charge in [0.1, 0.15) is 13.6 Å². The average molecular weight is 497 g/mol. The molecule has 1 aliphatic heterocycles. The molecule has 152 valence electrons. The van der Waals surface area contributed by atoms with Crippen LogP contribution in [0.1, 0.15) is 23.1 Å². The molecule has 0 atom stereocenters.